The fraction of sp³-hybridized carbons (Fsp3) is 0.846. The molecule has 1 aliphatic carbocycles. The molecule has 4 heteroatoms. The summed E-state index contributed by atoms with van der Waals surface area (Å²) in [5, 5.41) is 2.76. The van der Waals surface area contributed by atoms with Gasteiger partial charge < -0.3 is 10.2 Å². The van der Waals surface area contributed by atoms with E-state index in [1.807, 2.05) is 0 Å². The minimum absolute atomic E-state index is 0.0442. The summed E-state index contributed by atoms with van der Waals surface area (Å²) >= 11 is 0. The van der Waals surface area contributed by atoms with Crippen molar-refractivity contribution in [2.24, 2.45) is 5.41 Å². The standard InChI is InChI=1S/C13H22N2O2/c1-12(2)7-5-6-9(12)15-8-10(16)14-13(3,4)11(15)17/h9H,5-8H2,1-4H3,(H,14,16). The molecule has 4 nitrogen and oxygen atoms in total. The van der Waals surface area contributed by atoms with E-state index in [0.717, 1.165) is 19.3 Å². The molecule has 1 unspecified atom stereocenters. The molecule has 0 spiro atoms. The third-order valence-electron chi connectivity index (χ3n) is 4.14. The van der Waals surface area contributed by atoms with E-state index in [2.05, 4.69) is 19.2 Å². The Morgan fingerprint density at radius 3 is 2.41 bits per heavy atom. The summed E-state index contributed by atoms with van der Waals surface area (Å²) in [5.74, 6) is 0.00868. The quantitative estimate of drug-likeness (QED) is 0.748. The number of carbonyl (C=O) groups excluding carboxylic acids is 2. The van der Waals surface area contributed by atoms with E-state index in [-0.39, 0.29) is 29.8 Å². The highest BCUT2D eigenvalue weighted by Gasteiger charge is 2.47. The SMILES string of the molecule is CC1(C)NC(=O)CN(C2CCCC2(C)C)C1=O. The van der Waals surface area contributed by atoms with Crippen molar-refractivity contribution in [1.82, 2.24) is 10.2 Å². The second-order valence-corrected chi connectivity index (χ2v) is 6.50. The molecule has 1 heterocycles. The Bertz CT molecular complexity index is 360. The molecule has 0 bridgehead atoms. The van der Waals surface area contributed by atoms with Crippen LogP contribution in [0.5, 0.6) is 0 Å². The van der Waals surface area contributed by atoms with Crippen LogP contribution >= 0.6 is 0 Å². The van der Waals surface area contributed by atoms with Crippen molar-refractivity contribution < 1.29 is 9.59 Å². The first-order valence-electron chi connectivity index (χ1n) is 6.36. The number of hydrogen-bond acceptors (Lipinski definition) is 2. The van der Waals surface area contributed by atoms with Gasteiger partial charge in [0.1, 0.15) is 5.54 Å². The van der Waals surface area contributed by atoms with Crippen LogP contribution in [0.25, 0.3) is 0 Å². The van der Waals surface area contributed by atoms with Crippen molar-refractivity contribution >= 4 is 11.8 Å². The van der Waals surface area contributed by atoms with E-state index >= 15 is 0 Å². The Labute approximate surface area is 103 Å². The Hall–Kier alpha value is -1.06. The molecule has 0 aromatic carbocycles. The monoisotopic (exact) mass is 238 g/mol. The lowest BCUT2D eigenvalue weighted by Crippen LogP contribution is -2.66. The van der Waals surface area contributed by atoms with Gasteiger partial charge >= 0.3 is 0 Å². The van der Waals surface area contributed by atoms with Crippen molar-refractivity contribution in [2.75, 3.05) is 6.54 Å². The lowest BCUT2D eigenvalue weighted by molar-refractivity contribution is -0.152. The lowest BCUT2D eigenvalue weighted by Gasteiger charge is -2.44. The first kappa shape index (κ1) is 12.4. The van der Waals surface area contributed by atoms with Crippen LogP contribution < -0.4 is 5.32 Å². The van der Waals surface area contributed by atoms with Gasteiger partial charge in [0.05, 0.1) is 6.54 Å². The summed E-state index contributed by atoms with van der Waals surface area (Å²) in [6, 6.07) is 0.209. The smallest absolute Gasteiger partial charge is 0.248 e. The molecule has 1 atom stereocenters. The summed E-state index contributed by atoms with van der Waals surface area (Å²) in [6.45, 7) is 8.16. The maximum atomic E-state index is 12.4. The molecule has 1 saturated carbocycles. The number of rotatable bonds is 1. The zero-order valence-electron chi connectivity index (χ0n) is 11.2. The summed E-state index contributed by atoms with van der Waals surface area (Å²) in [7, 11) is 0. The second-order valence-electron chi connectivity index (χ2n) is 6.50. The predicted octanol–water partition coefficient (Wildman–Crippen LogP) is 1.30. The van der Waals surface area contributed by atoms with Gasteiger partial charge in [0.15, 0.2) is 0 Å². The molecule has 2 fully saturated rings. The molecule has 1 N–H and O–H groups in total. The van der Waals surface area contributed by atoms with Gasteiger partial charge in [0.2, 0.25) is 11.8 Å². The number of carbonyl (C=O) groups is 2. The van der Waals surface area contributed by atoms with Gasteiger partial charge in [-0.15, -0.1) is 0 Å². The maximum Gasteiger partial charge on any atom is 0.248 e. The van der Waals surface area contributed by atoms with Gasteiger partial charge in [-0.1, -0.05) is 20.3 Å². The third-order valence-corrected chi connectivity index (χ3v) is 4.14. The lowest BCUT2D eigenvalue weighted by atomic mass is 9.85. The average Bonchev–Trinajstić information content (AvgIpc) is 2.51. The Morgan fingerprint density at radius 1 is 1.24 bits per heavy atom. The number of amides is 2. The molecule has 0 radical (unpaired) electrons. The molecule has 1 saturated heterocycles. The van der Waals surface area contributed by atoms with Crippen molar-refractivity contribution in [3.05, 3.63) is 0 Å². The first-order valence-corrected chi connectivity index (χ1v) is 6.36. The summed E-state index contributed by atoms with van der Waals surface area (Å²) < 4.78 is 0. The van der Waals surface area contributed by atoms with Gasteiger partial charge in [-0.2, -0.15) is 0 Å². The minimum atomic E-state index is -0.756. The summed E-state index contributed by atoms with van der Waals surface area (Å²) in [6.07, 6.45) is 3.29. The summed E-state index contributed by atoms with van der Waals surface area (Å²) in [4.78, 5) is 25.9. The molecule has 1 aliphatic heterocycles. The van der Waals surface area contributed by atoms with Crippen LogP contribution in [0, 0.1) is 5.41 Å². The van der Waals surface area contributed by atoms with Crippen molar-refractivity contribution in [3.8, 4) is 0 Å². The van der Waals surface area contributed by atoms with Crippen LogP contribution in [0.2, 0.25) is 0 Å². The predicted molar refractivity (Wildman–Crippen MR) is 65.4 cm³/mol. The molecular weight excluding hydrogens is 216 g/mol. The Morgan fingerprint density at radius 2 is 1.88 bits per heavy atom. The van der Waals surface area contributed by atoms with Gasteiger partial charge in [-0.25, -0.2) is 0 Å². The van der Waals surface area contributed by atoms with E-state index in [9.17, 15) is 9.59 Å². The van der Waals surface area contributed by atoms with Crippen LogP contribution in [-0.4, -0.2) is 34.8 Å². The van der Waals surface area contributed by atoms with Gasteiger partial charge in [-0.05, 0) is 32.1 Å². The zero-order chi connectivity index (χ0) is 12.8. The highest BCUT2D eigenvalue weighted by atomic mass is 16.2. The molecule has 96 valence electrons. The van der Waals surface area contributed by atoms with Crippen LogP contribution in [0.3, 0.4) is 0 Å². The molecule has 0 aromatic heterocycles. The zero-order valence-corrected chi connectivity index (χ0v) is 11.2. The van der Waals surface area contributed by atoms with Crippen LogP contribution in [0.1, 0.15) is 47.0 Å². The van der Waals surface area contributed by atoms with Gasteiger partial charge in [0, 0.05) is 6.04 Å². The Balaban J connectivity index is 2.26. The normalized spacial score (nSPS) is 31.5. The highest BCUT2D eigenvalue weighted by Crippen LogP contribution is 2.41. The number of nitrogens with one attached hydrogen (secondary N) is 1. The molecule has 2 aliphatic rings. The van der Waals surface area contributed by atoms with Crippen molar-refractivity contribution in [2.45, 2.75) is 58.5 Å². The highest BCUT2D eigenvalue weighted by molar-refractivity contribution is 5.97. The van der Waals surface area contributed by atoms with Gasteiger partial charge in [0.25, 0.3) is 0 Å². The van der Waals surface area contributed by atoms with E-state index < -0.39 is 5.54 Å². The fourth-order valence-corrected chi connectivity index (χ4v) is 3.16. The third kappa shape index (κ3) is 2.05. The van der Waals surface area contributed by atoms with Gasteiger partial charge in [-0.3, -0.25) is 9.59 Å². The first-order chi connectivity index (χ1) is 7.74. The number of piperazine rings is 1. The second kappa shape index (κ2) is 3.72. The summed E-state index contributed by atoms with van der Waals surface area (Å²) in [5.41, 5.74) is -0.628. The topological polar surface area (TPSA) is 49.4 Å². The molecular formula is C13H22N2O2. The number of nitrogens with zero attached hydrogens (tertiary/aromatic N) is 1. The minimum Gasteiger partial charge on any atom is -0.341 e. The average molecular weight is 238 g/mol. The van der Waals surface area contributed by atoms with Crippen LogP contribution in [0.4, 0.5) is 0 Å². The maximum absolute atomic E-state index is 12.4. The van der Waals surface area contributed by atoms with Crippen LogP contribution in [-0.2, 0) is 9.59 Å². The fourth-order valence-electron chi connectivity index (χ4n) is 3.16. The molecule has 2 rings (SSSR count). The van der Waals surface area contributed by atoms with Crippen molar-refractivity contribution in [3.63, 3.8) is 0 Å². The van der Waals surface area contributed by atoms with Crippen molar-refractivity contribution in [1.29, 1.82) is 0 Å². The van der Waals surface area contributed by atoms with E-state index in [1.54, 1.807) is 18.7 Å². The van der Waals surface area contributed by atoms with E-state index in [4.69, 9.17) is 0 Å². The van der Waals surface area contributed by atoms with E-state index in [0.29, 0.717) is 0 Å². The van der Waals surface area contributed by atoms with E-state index in [1.165, 1.54) is 0 Å². The molecule has 17 heavy (non-hydrogen) atoms. The van der Waals surface area contributed by atoms with Crippen LogP contribution in [0.15, 0.2) is 0 Å². The number of hydrogen-bond donors (Lipinski definition) is 1. The largest absolute Gasteiger partial charge is 0.341 e. The molecule has 2 amide bonds. The molecule has 0 aromatic rings. The Kier molecular flexibility index (Phi) is 2.71.